The van der Waals surface area contributed by atoms with Gasteiger partial charge in [-0.3, -0.25) is 9.59 Å². The number of aromatic nitrogens is 2. The van der Waals surface area contributed by atoms with Crippen molar-refractivity contribution in [3.05, 3.63) is 40.3 Å². The van der Waals surface area contributed by atoms with Crippen molar-refractivity contribution in [2.45, 2.75) is 26.3 Å². The number of carbonyl (C=O) groups is 1. The molecular weight excluding hydrogens is 232 g/mol. The Morgan fingerprint density at radius 2 is 2.11 bits per heavy atom. The van der Waals surface area contributed by atoms with Crippen molar-refractivity contribution in [1.29, 1.82) is 0 Å². The third-order valence-electron chi connectivity index (χ3n) is 2.79. The van der Waals surface area contributed by atoms with Crippen LogP contribution in [0.1, 0.15) is 18.5 Å². The molecule has 0 amide bonds. The highest BCUT2D eigenvalue weighted by Crippen LogP contribution is 2.10. The SMILES string of the molecule is Cc1nc2ccccc2n(CCCC(=O)O)c1=O. The number of para-hydroxylation sites is 2. The minimum atomic E-state index is -0.849. The van der Waals surface area contributed by atoms with Gasteiger partial charge in [0.1, 0.15) is 5.69 Å². The Morgan fingerprint density at radius 1 is 1.39 bits per heavy atom. The Hall–Kier alpha value is -2.17. The first-order chi connectivity index (χ1) is 8.59. The largest absolute Gasteiger partial charge is 0.481 e. The van der Waals surface area contributed by atoms with Gasteiger partial charge in [-0.15, -0.1) is 0 Å². The molecule has 5 heteroatoms. The van der Waals surface area contributed by atoms with Crippen LogP contribution < -0.4 is 5.56 Å². The lowest BCUT2D eigenvalue weighted by Crippen LogP contribution is -2.24. The molecule has 0 radical (unpaired) electrons. The molecule has 2 rings (SSSR count). The van der Waals surface area contributed by atoms with Crippen LogP contribution in [0.3, 0.4) is 0 Å². The molecule has 1 N–H and O–H groups in total. The van der Waals surface area contributed by atoms with Gasteiger partial charge in [-0.2, -0.15) is 0 Å². The van der Waals surface area contributed by atoms with Gasteiger partial charge in [0.25, 0.3) is 5.56 Å². The topological polar surface area (TPSA) is 72.2 Å². The molecule has 18 heavy (non-hydrogen) atoms. The molecule has 0 spiro atoms. The summed E-state index contributed by atoms with van der Waals surface area (Å²) in [5.74, 6) is -0.849. The van der Waals surface area contributed by atoms with Gasteiger partial charge in [-0.25, -0.2) is 4.98 Å². The number of aryl methyl sites for hydroxylation is 2. The zero-order valence-electron chi connectivity index (χ0n) is 10.1. The molecule has 0 bridgehead atoms. The third-order valence-corrected chi connectivity index (χ3v) is 2.79. The van der Waals surface area contributed by atoms with Gasteiger partial charge in [0.05, 0.1) is 11.0 Å². The fraction of sp³-hybridized carbons (Fsp3) is 0.308. The van der Waals surface area contributed by atoms with E-state index in [2.05, 4.69) is 4.98 Å². The minimum absolute atomic E-state index is 0.0577. The van der Waals surface area contributed by atoms with E-state index >= 15 is 0 Å². The first-order valence-corrected chi connectivity index (χ1v) is 5.77. The molecule has 0 aliphatic heterocycles. The van der Waals surface area contributed by atoms with Crippen LogP contribution in [0.5, 0.6) is 0 Å². The van der Waals surface area contributed by atoms with Crippen molar-refractivity contribution in [3.63, 3.8) is 0 Å². The highest BCUT2D eigenvalue weighted by atomic mass is 16.4. The van der Waals surface area contributed by atoms with Crippen LogP contribution in [0.2, 0.25) is 0 Å². The Bertz CT molecular complexity index is 646. The lowest BCUT2D eigenvalue weighted by Gasteiger charge is -2.10. The number of rotatable bonds is 4. The molecule has 0 saturated heterocycles. The van der Waals surface area contributed by atoms with E-state index in [1.165, 1.54) is 0 Å². The van der Waals surface area contributed by atoms with Gasteiger partial charge in [0.15, 0.2) is 0 Å². The van der Waals surface area contributed by atoms with Crippen LogP contribution in [0.25, 0.3) is 11.0 Å². The lowest BCUT2D eigenvalue weighted by atomic mass is 10.2. The number of nitrogens with zero attached hydrogens (tertiary/aromatic N) is 2. The van der Waals surface area contributed by atoms with Crippen LogP contribution >= 0.6 is 0 Å². The second-order valence-corrected chi connectivity index (χ2v) is 4.14. The summed E-state index contributed by atoms with van der Waals surface area (Å²) in [5, 5.41) is 8.63. The van der Waals surface area contributed by atoms with Crippen molar-refractivity contribution >= 4 is 17.0 Å². The number of hydrogen-bond donors (Lipinski definition) is 1. The van der Waals surface area contributed by atoms with Crippen LogP contribution in [0.4, 0.5) is 0 Å². The Labute approximate surface area is 104 Å². The molecule has 0 atom stereocenters. The highest BCUT2D eigenvalue weighted by Gasteiger charge is 2.07. The molecule has 1 aromatic carbocycles. The molecule has 5 nitrogen and oxygen atoms in total. The van der Waals surface area contributed by atoms with Crippen LogP contribution in [-0.4, -0.2) is 20.6 Å². The number of fused-ring (bicyclic) bond motifs is 1. The van der Waals surface area contributed by atoms with E-state index in [1.54, 1.807) is 11.5 Å². The number of aliphatic carboxylic acids is 1. The molecule has 1 heterocycles. The van der Waals surface area contributed by atoms with Gasteiger partial charge in [0.2, 0.25) is 0 Å². The van der Waals surface area contributed by atoms with Crippen molar-refractivity contribution in [3.8, 4) is 0 Å². The fourth-order valence-corrected chi connectivity index (χ4v) is 1.93. The lowest BCUT2D eigenvalue weighted by molar-refractivity contribution is -0.137. The average molecular weight is 246 g/mol. The molecule has 0 aliphatic carbocycles. The maximum atomic E-state index is 12.0. The quantitative estimate of drug-likeness (QED) is 0.888. The normalized spacial score (nSPS) is 10.7. The van der Waals surface area contributed by atoms with E-state index in [4.69, 9.17) is 5.11 Å². The van der Waals surface area contributed by atoms with E-state index in [0.717, 1.165) is 11.0 Å². The molecule has 0 fully saturated rings. The smallest absolute Gasteiger partial charge is 0.303 e. The van der Waals surface area contributed by atoms with Gasteiger partial charge < -0.3 is 9.67 Å². The van der Waals surface area contributed by atoms with Gasteiger partial charge in [-0.05, 0) is 25.5 Å². The maximum absolute atomic E-state index is 12.0. The van der Waals surface area contributed by atoms with E-state index in [-0.39, 0.29) is 12.0 Å². The Balaban J connectivity index is 2.43. The van der Waals surface area contributed by atoms with Crippen molar-refractivity contribution < 1.29 is 9.90 Å². The fourth-order valence-electron chi connectivity index (χ4n) is 1.93. The monoisotopic (exact) mass is 246 g/mol. The number of carboxylic acid groups (broad SMARTS) is 1. The summed E-state index contributed by atoms with van der Waals surface area (Å²) in [6.45, 7) is 2.07. The third kappa shape index (κ3) is 2.40. The van der Waals surface area contributed by atoms with Crippen molar-refractivity contribution in [2.75, 3.05) is 0 Å². The zero-order valence-corrected chi connectivity index (χ0v) is 10.1. The summed E-state index contributed by atoms with van der Waals surface area (Å²) < 4.78 is 1.60. The number of benzene rings is 1. The van der Waals surface area contributed by atoms with E-state index in [0.29, 0.717) is 18.7 Å². The zero-order chi connectivity index (χ0) is 13.1. The van der Waals surface area contributed by atoms with Crippen molar-refractivity contribution in [1.82, 2.24) is 9.55 Å². The predicted octanol–water partition coefficient (Wildman–Crippen LogP) is 1.57. The van der Waals surface area contributed by atoms with E-state index in [9.17, 15) is 9.59 Å². The molecule has 1 aromatic heterocycles. The second kappa shape index (κ2) is 5.00. The highest BCUT2D eigenvalue weighted by molar-refractivity contribution is 5.74. The molecule has 94 valence electrons. The summed E-state index contributed by atoms with van der Waals surface area (Å²) in [6.07, 6.45) is 0.491. The summed E-state index contributed by atoms with van der Waals surface area (Å²) in [4.78, 5) is 26.7. The summed E-state index contributed by atoms with van der Waals surface area (Å²) in [5.41, 5.74) is 1.78. The van der Waals surface area contributed by atoms with Crippen LogP contribution in [0, 0.1) is 6.92 Å². The average Bonchev–Trinajstić information content (AvgIpc) is 2.33. The first kappa shape index (κ1) is 12.3. The summed E-state index contributed by atoms with van der Waals surface area (Å²) >= 11 is 0. The predicted molar refractivity (Wildman–Crippen MR) is 67.6 cm³/mol. The first-order valence-electron chi connectivity index (χ1n) is 5.77. The maximum Gasteiger partial charge on any atom is 0.303 e. The van der Waals surface area contributed by atoms with Crippen LogP contribution in [0.15, 0.2) is 29.1 Å². The summed E-state index contributed by atoms with van der Waals surface area (Å²) in [6, 6.07) is 7.37. The van der Waals surface area contributed by atoms with Gasteiger partial charge >= 0.3 is 5.97 Å². The molecule has 0 saturated carbocycles. The van der Waals surface area contributed by atoms with E-state index in [1.807, 2.05) is 24.3 Å². The molecular formula is C13H14N2O3. The summed E-state index contributed by atoms with van der Waals surface area (Å²) in [7, 11) is 0. The van der Waals surface area contributed by atoms with Crippen molar-refractivity contribution in [2.24, 2.45) is 0 Å². The molecule has 0 aliphatic rings. The number of carboxylic acids is 1. The Morgan fingerprint density at radius 3 is 2.83 bits per heavy atom. The Kier molecular flexibility index (Phi) is 3.41. The van der Waals surface area contributed by atoms with E-state index < -0.39 is 5.97 Å². The standard InChI is InChI=1S/C13H14N2O3/c1-9-13(18)15(8-4-7-12(16)17)11-6-3-2-5-10(11)14-9/h2-3,5-6H,4,7-8H2,1H3,(H,16,17). The minimum Gasteiger partial charge on any atom is -0.481 e. The van der Waals surface area contributed by atoms with Gasteiger partial charge in [0, 0.05) is 13.0 Å². The number of hydrogen-bond acceptors (Lipinski definition) is 3. The second-order valence-electron chi connectivity index (χ2n) is 4.14. The molecule has 0 unspecified atom stereocenters. The van der Waals surface area contributed by atoms with Gasteiger partial charge in [-0.1, -0.05) is 12.1 Å². The molecule has 2 aromatic rings. The van der Waals surface area contributed by atoms with Crippen LogP contribution in [-0.2, 0) is 11.3 Å².